The van der Waals surface area contributed by atoms with Crippen molar-refractivity contribution in [3.8, 4) is 0 Å². The van der Waals surface area contributed by atoms with E-state index in [0.717, 1.165) is 33.3 Å². The van der Waals surface area contributed by atoms with Crippen molar-refractivity contribution < 1.29 is 13.2 Å². The lowest BCUT2D eigenvalue weighted by molar-refractivity contribution is -0.119. The van der Waals surface area contributed by atoms with Gasteiger partial charge in [-0.2, -0.15) is 4.31 Å². The van der Waals surface area contributed by atoms with Gasteiger partial charge < -0.3 is 4.90 Å². The summed E-state index contributed by atoms with van der Waals surface area (Å²) in [6, 6.07) is 21.9. The molecule has 3 aromatic carbocycles. The monoisotopic (exact) mass is 512 g/mol. The van der Waals surface area contributed by atoms with Gasteiger partial charge in [0.1, 0.15) is 0 Å². The third-order valence-electron chi connectivity index (χ3n) is 5.70. The Morgan fingerprint density at radius 1 is 1.06 bits per heavy atom. The molecule has 0 fully saturated rings. The van der Waals surface area contributed by atoms with E-state index in [9.17, 15) is 13.2 Å². The van der Waals surface area contributed by atoms with Gasteiger partial charge in [-0.05, 0) is 61.7 Å². The first-order valence-corrected chi connectivity index (χ1v) is 12.7. The fourth-order valence-corrected chi connectivity index (χ4v) is 5.87. The van der Waals surface area contributed by atoms with Crippen LogP contribution in [-0.4, -0.2) is 31.2 Å². The second-order valence-corrected chi connectivity index (χ2v) is 11.0. The predicted molar refractivity (Wildman–Crippen MR) is 130 cm³/mol. The summed E-state index contributed by atoms with van der Waals surface area (Å²) in [6.45, 7) is 3.79. The molecule has 0 aromatic heterocycles. The molecule has 0 bridgehead atoms. The van der Waals surface area contributed by atoms with E-state index >= 15 is 0 Å². The van der Waals surface area contributed by atoms with Crippen molar-refractivity contribution in [1.29, 1.82) is 0 Å². The number of halogens is 1. The maximum Gasteiger partial charge on any atom is 0.243 e. The van der Waals surface area contributed by atoms with Crippen molar-refractivity contribution >= 4 is 37.5 Å². The van der Waals surface area contributed by atoms with E-state index in [2.05, 4.69) is 15.9 Å². The van der Waals surface area contributed by atoms with E-state index < -0.39 is 10.0 Å². The predicted octanol–water partition coefficient (Wildman–Crippen LogP) is 4.93. The molecule has 3 aromatic rings. The zero-order valence-corrected chi connectivity index (χ0v) is 20.4. The molecule has 0 saturated heterocycles. The summed E-state index contributed by atoms with van der Waals surface area (Å²) < 4.78 is 29.3. The van der Waals surface area contributed by atoms with Crippen LogP contribution in [0.4, 0.5) is 5.69 Å². The first kappa shape index (κ1) is 22.7. The Balaban J connectivity index is 1.66. The van der Waals surface area contributed by atoms with E-state index in [1.54, 1.807) is 29.2 Å². The maximum atomic E-state index is 13.5. The highest BCUT2D eigenvalue weighted by molar-refractivity contribution is 9.10. The quantitative estimate of drug-likeness (QED) is 0.470. The van der Waals surface area contributed by atoms with Crippen LogP contribution in [0.15, 0.2) is 82.2 Å². The zero-order chi connectivity index (χ0) is 22.9. The number of sulfonamides is 1. The van der Waals surface area contributed by atoms with Crippen molar-refractivity contribution in [3.63, 3.8) is 0 Å². The van der Waals surface area contributed by atoms with Gasteiger partial charge in [0.05, 0.1) is 11.4 Å². The molecule has 0 N–H and O–H groups in total. The smallest absolute Gasteiger partial charge is 0.243 e. The van der Waals surface area contributed by atoms with Crippen molar-refractivity contribution in [3.05, 3.63) is 94.0 Å². The minimum atomic E-state index is -3.86. The molecule has 1 atom stereocenters. The molecule has 4 rings (SSSR count). The average molecular weight is 513 g/mol. The molecule has 1 amide bonds. The third-order valence-corrected chi connectivity index (χ3v) is 8.00. The van der Waals surface area contributed by atoms with Crippen LogP contribution in [0.25, 0.3) is 0 Å². The van der Waals surface area contributed by atoms with Crippen LogP contribution in [0.3, 0.4) is 0 Å². The van der Waals surface area contributed by atoms with E-state index in [4.69, 9.17) is 0 Å². The Morgan fingerprint density at radius 3 is 2.44 bits per heavy atom. The molecule has 0 saturated carbocycles. The number of carbonyl (C=O) groups excluding carboxylic acids is 1. The summed E-state index contributed by atoms with van der Waals surface area (Å²) in [6.07, 6.45) is 0.740. The van der Waals surface area contributed by atoms with Crippen LogP contribution in [0, 0.1) is 6.92 Å². The van der Waals surface area contributed by atoms with E-state index in [1.165, 1.54) is 4.31 Å². The van der Waals surface area contributed by atoms with Gasteiger partial charge in [-0.1, -0.05) is 64.0 Å². The van der Waals surface area contributed by atoms with Gasteiger partial charge >= 0.3 is 0 Å². The molecular formula is C25H25BrN2O3S. The van der Waals surface area contributed by atoms with E-state index in [-0.39, 0.29) is 29.9 Å². The van der Waals surface area contributed by atoms with E-state index in [1.807, 2.05) is 62.4 Å². The highest BCUT2D eigenvalue weighted by Gasteiger charge is 2.34. The molecule has 1 heterocycles. The van der Waals surface area contributed by atoms with Gasteiger partial charge in [0.2, 0.25) is 15.9 Å². The number of nitrogens with zero attached hydrogens (tertiary/aromatic N) is 2. The second-order valence-electron chi connectivity index (χ2n) is 8.16. The number of benzene rings is 3. The Labute approximate surface area is 197 Å². The van der Waals surface area contributed by atoms with Crippen LogP contribution in [0.1, 0.15) is 23.6 Å². The van der Waals surface area contributed by atoms with Crippen LogP contribution >= 0.6 is 15.9 Å². The first-order valence-electron chi connectivity index (χ1n) is 10.5. The van der Waals surface area contributed by atoms with Gasteiger partial charge in [0.25, 0.3) is 0 Å². The van der Waals surface area contributed by atoms with Crippen LogP contribution in [-0.2, 0) is 27.8 Å². The molecule has 32 heavy (non-hydrogen) atoms. The summed E-state index contributed by atoms with van der Waals surface area (Å²) in [5.41, 5.74) is 3.73. The van der Waals surface area contributed by atoms with Gasteiger partial charge in [-0.3, -0.25) is 4.79 Å². The number of aryl methyl sites for hydroxylation is 1. The van der Waals surface area contributed by atoms with Gasteiger partial charge in [-0.15, -0.1) is 0 Å². The lowest BCUT2D eigenvalue weighted by atomic mass is 10.1. The molecule has 1 aliphatic rings. The summed E-state index contributed by atoms with van der Waals surface area (Å²) >= 11 is 3.49. The fourth-order valence-electron chi connectivity index (χ4n) is 4.08. The van der Waals surface area contributed by atoms with Crippen molar-refractivity contribution in [1.82, 2.24) is 4.31 Å². The zero-order valence-electron chi connectivity index (χ0n) is 18.0. The Hall–Kier alpha value is -2.48. The molecule has 0 spiro atoms. The highest BCUT2D eigenvalue weighted by Crippen LogP contribution is 2.34. The largest absolute Gasteiger partial charge is 0.308 e. The minimum Gasteiger partial charge on any atom is -0.308 e. The first-order chi connectivity index (χ1) is 15.3. The van der Waals surface area contributed by atoms with Crippen LogP contribution in [0.2, 0.25) is 0 Å². The Bertz CT molecular complexity index is 1230. The number of carbonyl (C=O) groups is 1. The number of anilines is 1. The van der Waals surface area contributed by atoms with Gasteiger partial charge in [0.15, 0.2) is 0 Å². The molecule has 7 heteroatoms. The summed E-state index contributed by atoms with van der Waals surface area (Å²) in [4.78, 5) is 15.4. The van der Waals surface area contributed by atoms with Crippen molar-refractivity contribution in [2.75, 3.05) is 11.4 Å². The summed E-state index contributed by atoms with van der Waals surface area (Å²) in [5.74, 6) is -0.231. The average Bonchev–Trinajstić information content (AvgIpc) is 3.09. The molecule has 1 aliphatic heterocycles. The molecule has 0 aliphatic carbocycles. The second kappa shape index (κ2) is 9.17. The topological polar surface area (TPSA) is 57.7 Å². The third kappa shape index (κ3) is 4.65. The minimum absolute atomic E-state index is 0.0348. The van der Waals surface area contributed by atoms with E-state index in [0.29, 0.717) is 0 Å². The number of rotatable bonds is 6. The SMILES string of the molecule is Cc1ccc(S(=O)(=O)N(CC(=O)N2c3ccc(Br)cc3C[C@@H]2C)Cc2ccccc2)cc1. The molecular weight excluding hydrogens is 488 g/mol. The highest BCUT2D eigenvalue weighted by atomic mass is 79.9. The Kier molecular flexibility index (Phi) is 6.51. The van der Waals surface area contributed by atoms with Gasteiger partial charge in [-0.25, -0.2) is 8.42 Å². The maximum absolute atomic E-state index is 13.5. The lowest BCUT2D eigenvalue weighted by Crippen LogP contribution is -2.44. The molecule has 166 valence electrons. The molecule has 5 nitrogen and oxygen atoms in total. The number of fused-ring (bicyclic) bond motifs is 1. The van der Waals surface area contributed by atoms with Crippen LogP contribution < -0.4 is 4.90 Å². The normalized spacial score (nSPS) is 15.8. The lowest BCUT2D eigenvalue weighted by Gasteiger charge is -2.27. The molecule has 0 unspecified atom stereocenters. The standard InChI is InChI=1S/C25H25BrN2O3S/c1-18-8-11-23(12-9-18)32(30,31)27(16-20-6-4-3-5-7-20)17-25(29)28-19(2)14-21-15-22(26)10-13-24(21)28/h3-13,15,19H,14,16-17H2,1-2H3/t19-/m0/s1. The summed E-state index contributed by atoms with van der Waals surface area (Å²) in [5, 5.41) is 0. The van der Waals surface area contributed by atoms with Crippen molar-refractivity contribution in [2.45, 2.75) is 37.8 Å². The fraction of sp³-hybridized carbons (Fsp3) is 0.240. The Morgan fingerprint density at radius 2 is 1.75 bits per heavy atom. The molecule has 0 radical (unpaired) electrons. The van der Waals surface area contributed by atoms with Gasteiger partial charge in [0, 0.05) is 22.7 Å². The van der Waals surface area contributed by atoms with Crippen molar-refractivity contribution in [2.24, 2.45) is 0 Å². The number of hydrogen-bond acceptors (Lipinski definition) is 3. The number of hydrogen-bond donors (Lipinski definition) is 0. The van der Waals surface area contributed by atoms with Crippen LogP contribution in [0.5, 0.6) is 0 Å². The summed E-state index contributed by atoms with van der Waals surface area (Å²) in [7, 11) is -3.86. The number of amides is 1.